The highest BCUT2D eigenvalue weighted by Crippen LogP contribution is 2.25. The third kappa shape index (κ3) is 11.9. The first kappa shape index (κ1) is 33.8. The van der Waals surface area contributed by atoms with Crippen LogP contribution in [0.5, 0.6) is 0 Å². The number of hydrogen-bond acceptors (Lipinski definition) is 6. The summed E-state index contributed by atoms with van der Waals surface area (Å²) in [5.41, 5.74) is 4.99. The molecule has 224 valence electrons. The number of halogens is 3. The van der Waals surface area contributed by atoms with E-state index in [1.165, 1.54) is 0 Å². The molecule has 0 radical (unpaired) electrons. The minimum Gasteiger partial charge on any atom is -0.461 e. The first-order valence-electron chi connectivity index (χ1n) is 13.6. The Morgan fingerprint density at radius 3 is 1.83 bits per heavy atom. The first-order valence-corrected chi connectivity index (χ1v) is 13.6. The van der Waals surface area contributed by atoms with E-state index in [-0.39, 0.29) is 30.8 Å². The molecule has 0 unspecified atom stereocenters. The molecule has 0 spiro atoms. The predicted octanol–water partition coefficient (Wildman–Crippen LogP) is 5.58. The zero-order valence-electron chi connectivity index (χ0n) is 23.5. The average molecular weight is 577 g/mol. The first-order chi connectivity index (χ1) is 19.5. The molecule has 0 saturated heterocycles. The maximum atomic E-state index is 12.3. The Balaban J connectivity index is 2.06. The topological polar surface area (TPSA) is 93.1 Å². The van der Waals surface area contributed by atoms with Crippen LogP contribution in [0, 0.1) is 0 Å². The normalized spacial score (nSPS) is 11.4. The van der Waals surface area contributed by atoms with Crippen molar-refractivity contribution in [1.82, 2.24) is 0 Å². The van der Waals surface area contributed by atoms with Gasteiger partial charge < -0.3 is 19.7 Å². The Hall–Kier alpha value is -3.43. The van der Waals surface area contributed by atoms with Gasteiger partial charge in [-0.1, -0.05) is 62.5 Å². The van der Waals surface area contributed by atoms with Crippen molar-refractivity contribution in [1.29, 1.82) is 0 Å². The highest BCUT2D eigenvalue weighted by molar-refractivity contribution is 5.88. The molecule has 2 aromatic carbocycles. The number of benzene rings is 2. The molecule has 0 atom stereocenters. The summed E-state index contributed by atoms with van der Waals surface area (Å²) < 4.78 is 47.5. The van der Waals surface area contributed by atoms with Crippen molar-refractivity contribution in [2.75, 3.05) is 26.4 Å². The van der Waals surface area contributed by atoms with Gasteiger partial charge in [0.1, 0.15) is 13.2 Å². The smallest absolute Gasteiger partial charge is 0.389 e. The Bertz CT molecular complexity index is 1140. The lowest BCUT2D eigenvalue weighted by Crippen LogP contribution is -2.22. The lowest BCUT2D eigenvalue weighted by molar-refractivity contribution is -0.143. The number of ether oxygens (including phenoxy) is 2. The Labute approximate surface area is 239 Å². The van der Waals surface area contributed by atoms with Crippen LogP contribution in [0.1, 0.15) is 59.9 Å². The number of aryl methyl sites for hydroxylation is 4. The van der Waals surface area contributed by atoms with Gasteiger partial charge in [-0.05, 0) is 66.3 Å². The largest absolute Gasteiger partial charge is 0.461 e. The number of aliphatic hydroxyl groups excluding tert-OH is 2. The third-order valence-corrected chi connectivity index (χ3v) is 6.75. The van der Waals surface area contributed by atoms with Crippen LogP contribution in [0.4, 0.5) is 13.2 Å². The van der Waals surface area contributed by atoms with Crippen molar-refractivity contribution in [2.24, 2.45) is 0 Å². The van der Waals surface area contributed by atoms with Crippen LogP contribution in [0.2, 0.25) is 0 Å². The summed E-state index contributed by atoms with van der Waals surface area (Å²) in [4.78, 5) is 24.1. The second kappa shape index (κ2) is 16.7. The Morgan fingerprint density at radius 2 is 1.34 bits per heavy atom. The summed E-state index contributed by atoms with van der Waals surface area (Å²) in [7, 11) is 0. The molecule has 9 heteroatoms. The van der Waals surface area contributed by atoms with E-state index in [0.29, 0.717) is 12.8 Å². The van der Waals surface area contributed by atoms with E-state index < -0.39 is 43.7 Å². The van der Waals surface area contributed by atoms with Crippen LogP contribution < -0.4 is 0 Å². The number of unbranched alkanes of at least 4 members (excludes halogenated alkanes) is 1. The molecule has 0 heterocycles. The fourth-order valence-electron chi connectivity index (χ4n) is 4.21. The number of hydrogen-bond donors (Lipinski definition) is 2. The van der Waals surface area contributed by atoms with Crippen LogP contribution in [0.15, 0.2) is 66.8 Å². The molecule has 0 saturated carbocycles. The van der Waals surface area contributed by atoms with E-state index in [1.807, 2.05) is 49.4 Å². The van der Waals surface area contributed by atoms with Gasteiger partial charge >= 0.3 is 18.1 Å². The van der Waals surface area contributed by atoms with E-state index in [0.717, 1.165) is 47.1 Å². The number of esters is 2. The number of carbonyl (C=O) groups is 2. The fourth-order valence-corrected chi connectivity index (χ4v) is 4.21. The maximum absolute atomic E-state index is 12.3. The second-order valence-electron chi connectivity index (χ2n) is 9.94. The van der Waals surface area contributed by atoms with Gasteiger partial charge in [-0.3, -0.25) is 0 Å². The minimum atomic E-state index is -4.11. The molecule has 0 bridgehead atoms. The lowest BCUT2D eigenvalue weighted by Gasteiger charge is -2.20. The molecule has 2 rings (SSSR count). The molecule has 0 aliphatic carbocycles. The third-order valence-electron chi connectivity index (χ3n) is 6.75. The fraction of sp³-hybridized carbons (Fsp3) is 0.438. The van der Waals surface area contributed by atoms with Crippen LogP contribution in [-0.2, 0) is 44.7 Å². The highest BCUT2D eigenvalue weighted by atomic mass is 19.4. The van der Waals surface area contributed by atoms with Crippen molar-refractivity contribution >= 4 is 11.9 Å². The predicted molar refractivity (Wildman–Crippen MR) is 150 cm³/mol. The van der Waals surface area contributed by atoms with Crippen LogP contribution in [-0.4, -0.2) is 54.8 Å². The van der Waals surface area contributed by atoms with Crippen LogP contribution in [0.25, 0.3) is 0 Å². The molecule has 0 amide bonds. The molecular formula is C32H39F3O6. The van der Waals surface area contributed by atoms with E-state index in [1.54, 1.807) is 0 Å². The molecule has 0 aliphatic rings. The van der Waals surface area contributed by atoms with Crippen LogP contribution in [0.3, 0.4) is 0 Å². The van der Waals surface area contributed by atoms with Gasteiger partial charge in [0.05, 0.1) is 30.3 Å². The molecule has 0 fully saturated rings. The van der Waals surface area contributed by atoms with Crippen molar-refractivity contribution in [2.45, 2.75) is 64.0 Å². The van der Waals surface area contributed by atoms with Crippen molar-refractivity contribution < 1.29 is 42.4 Å². The number of carbonyl (C=O) groups excluding carboxylic acids is 2. The molecular weight excluding hydrogens is 537 g/mol. The molecule has 41 heavy (non-hydrogen) atoms. The minimum absolute atomic E-state index is 0.0894. The quantitative estimate of drug-likeness (QED) is 0.145. The lowest BCUT2D eigenvalue weighted by atomic mass is 9.92. The SMILES string of the molecule is C=C(CO)C(=O)OCC(COC(=O)C(=C)CO)c1ccc(CCc2ccc(CCCCC(F)(F)F)cc2)c(CC)c1. The van der Waals surface area contributed by atoms with Gasteiger partial charge in [-0.25, -0.2) is 9.59 Å². The second-order valence-corrected chi connectivity index (χ2v) is 9.94. The number of aliphatic hydroxyl groups is 2. The zero-order valence-corrected chi connectivity index (χ0v) is 23.5. The van der Waals surface area contributed by atoms with Crippen molar-refractivity contribution in [3.8, 4) is 0 Å². The summed E-state index contributed by atoms with van der Waals surface area (Å²) in [6.45, 7) is 7.66. The van der Waals surface area contributed by atoms with E-state index in [4.69, 9.17) is 19.7 Å². The summed E-state index contributed by atoms with van der Waals surface area (Å²) in [5.74, 6) is -1.99. The van der Waals surface area contributed by atoms with E-state index in [2.05, 4.69) is 13.2 Å². The summed E-state index contributed by atoms with van der Waals surface area (Å²) in [6.07, 6.45) is -1.31. The molecule has 2 N–H and O–H groups in total. The maximum Gasteiger partial charge on any atom is 0.389 e. The molecule has 6 nitrogen and oxygen atoms in total. The summed E-state index contributed by atoms with van der Waals surface area (Å²) in [6, 6.07) is 13.9. The van der Waals surface area contributed by atoms with E-state index in [9.17, 15) is 22.8 Å². The average Bonchev–Trinajstić information content (AvgIpc) is 2.97. The zero-order chi connectivity index (χ0) is 30.4. The number of rotatable bonds is 17. The number of alkyl halides is 3. The highest BCUT2D eigenvalue weighted by Gasteiger charge is 2.25. The van der Waals surface area contributed by atoms with Gasteiger partial charge in [-0.15, -0.1) is 0 Å². The van der Waals surface area contributed by atoms with Gasteiger partial charge in [0.25, 0.3) is 0 Å². The van der Waals surface area contributed by atoms with Gasteiger partial charge in [-0.2, -0.15) is 13.2 Å². The van der Waals surface area contributed by atoms with Crippen molar-refractivity contribution in [3.63, 3.8) is 0 Å². The molecule has 0 aromatic heterocycles. The van der Waals surface area contributed by atoms with Gasteiger partial charge in [0.2, 0.25) is 0 Å². The standard InChI is InChI=1S/C32H39F3O6/c1-4-26-17-28(29(20-40-30(38)22(2)18-36)21-41-31(39)23(3)19-37)15-14-27(26)13-12-25-10-8-24(9-11-25)7-5-6-16-32(33,34)35/h8-11,14-15,17,29,36-37H,2-7,12-13,16,18-21H2,1H3. The van der Waals surface area contributed by atoms with Gasteiger partial charge in [0, 0.05) is 6.42 Å². The van der Waals surface area contributed by atoms with Gasteiger partial charge in [0.15, 0.2) is 0 Å². The summed E-state index contributed by atoms with van der Waals surface area (Å²) in [5, 5.41) is 18.3. The molecule has 2 aromatic rings. The molecule has 0 aliphatic heterocycles. The Morgan fingerprint density at radius 1 is 0.805 bits per heavy atom. The monoisotopic (exact) mass is 576 g/mol. The Kier molecular flexibility index (Phi) is 13.8. The summed E-state index contributed by atoms with van der Waals surface area (Å²) >= 11 is 0. The van der Waals surface area contributed by atoms with Crippen LogP contribution >= 0.6 is 0 Å². The van der Waals surface area contributed by atoms with Crippen molar-refractivity contribution in [3.05, 3.63) is 94.6 Å². The van der Waals surface area contributed by atoms with E-state index >= 15 is 0 Å².